The number of hydrogen-bond acceptors (Lipinski definition) is 6. The van der Waals surface area contributed by atoms with Gasteiger partial charge in [-0.25, -0.2) is 4.98 Å². The molecule has 0 saturated heterocycles. The molecule has 1 aromatic carbocycles. The number of hydrogen-bond donors (Lipinski definition) is 0. The quantitative estimate of drug-likeness (QED) is 0.290. The first-order chi connectivity index (χ1) is 17.1. The highest BCUT2D eigenvalue weighted by Crippen LogP contribution is 2.39. The van der Waals surface area contributed by atoms with Crippen molar-refractivity contribution in [2.45, 2.75) is 54.1 Å². The van der Waals surface area contributed by atoms with Crippen LogP contribution in [0, 0.1) is 19.3 Å². The van der Waals surface area contributed by atoms with Crippen LogP contribution in [0.1, 0.15) is 48.2 Å². The number of thiazole rings is 1. The summed E-state index contributed by atoms with van der Waals surface area (Å²) in [6, 6.07) is 10.2. The molecule has 11 heteroatoms. The summed E-state index contributed by atoms with van der Waals surface area (Å²) in [5.41, 5.74) is 6.81. The molecule has 0 radical (unpaired) electrons. The van der Waals surface area contributed by atoms with Crippen molar-refractivity contribution < 1.29 is 9.59 Å². The van der Waals surface area contributed by atoms with E-state index in [4.69, 9.17) is 0 Å². The average Bonchev–Trinajstić information content (AvgIpc) is 3.25. The second-order valence-electron chi connectivity index (χ2n) is 9.93. The molecule has 39 heavy (non-hydrogen) atoms. The number of aromatic nitrogens is 2. The first kappa shape index (κ1) is 34.8. The Morgan fingerprint density at radius 1 is 0.949 bits per heavy atom. The van der Waals surface area contributed by atoms with Crippen LogP contribution in [0.2, 0.25) is 0 Å². The molecule has 0 aliphatic carbocycles. The summed E-state index contributed by atoms with van der Waals surface area (Å²) >= 11 is 1.68. The maximum absolute atomic E-state index is 13.2. The first-order valence-electron chi connectivity index (χ1n) is 12.4. The maximum atomic E-state index is 13.2. The largest absolute Gasteiger partial charge is 0.313 e. The Hall–Kier alpha value is -2.23. The van der Waals surface area contributed by atoms with Gasteiger partial charge in [0.25, 0.3) is 0 Å². The summed E-state index contributed by atoms with van der Waals surface area (Å²) in [6.45, 7) is 12.4. The third kappa shape index (κ3) is 7.30. The van der Waals surface area contributed by atoms with Crippen LogP contribution in [-0.4, -0.2) is 46.8 Å². The molecule has 214 valence electrons. The number of halogens is 3. The SMILES string of the molecule is CCN1C(=O)C(C)(C)C(=O)N(C)c2cc(CN(CCc3cccnc3C)Cc3scnc3C)ccc21.Cl.Cl.Cl. The summed E-state index contributed by atoms with van der Waals surface area (Å²) in [4.78, 5) is 42.3. The van der Waals surface area contributed by atoms with E-state index in [-0.39, 0.29) is 49.0 Å². The topological polar surface area (TPSA) is 69.6 Å². The van der Waals surface area contributed by atoms with Gasteiger partial charge in [0.15, 0.2) is 0 Å². The first-order valence-corrected chi connectivity index (χ1v) is 13.3. The predicted octanol–water partition coefficient (Wildman–Crippen LogP) is 6.02. The van der Waals surface area contributed by atoms with Gasteiger partial charge < -0.3 is 9.80 Å². The van der Waals surface area contributed by atoms with Crippen LogP contribution >= 0.6 is 48.6 Å². The molecule has 0 unspecified atom stereocenters. The number of aryl methyl sites for hydroxylation is 2. The van der Waals surface area contributed by atoms with Crippen molar-refractivity contribution in [3.8, 4) is 0 Å². The molecule has 0 saturated carbocycles. The molecule has 4 rings (SSSR count). The number of nitrogens with zero attached hydrogens (tertiary/aromatic N) is 5. The van der Waals surface area contributed by atoms with Crippen molar-refractivity contribution in [1.29, 1.82) is 0 Å². The van der Waals surface area contributed by atoms with E-state index in [0.29, 0.717) is 6.54 Å². The Balaban J connectivity index is 0.00000253. The van der Waals surface area contributed by atoms with E-state index in [1.165, 1.54) is 10.4 Å². The van der Waals surface area contributed by atoms with E-state index in [0.717, 1.165) is 54.4 Å². The second-order valence-corrected chi connectivity index (χ2v) is 10.9. The molecule has 1 aliphatic rings. The maximum Gasteiger partial charge on any atom is 0.242 e. The minimum Gasteiger partial charge on any atom is -0.313 e. The van der Waals surface area contributed by atoms with Crippen molar-refractivity contribution in [3.63, 3.8) is 0 Å². The minimum absolute atomic E-state index is 0. The monoisotopic (exact) mass is 613 g/mol. The summed E-state index contributed by atoms with van der Waals surface area (Å²) in [5, 5.41) is 0. The lowest BCUT2D eigenvalue weighted by Crippen LogP contribution is -2.47. The van der Waals surface area contributed by atoms with Crippen molar-refractivity contribution >= 4 is 71.7 Å². The van der Waals surface area contributed by atoms with Crippen molar-refractivity contribution in [3.05, 3.63) is 69.4 Å². The zero-order valence-corrected chi connectivity index (χ0v) is 26.5. The number of carbonyl (C=O) groups is 2. The summed E-state index contributed by atoms with van der Waals surface area (Å²) < 4.78 is 0. The summed E-state index contributed by atoms with van der Waals surface area (Å²) in [7, 11) is 1.77. The van der Waals surface area contributed by atoms with Crippen molar-refractivity contribution in [1.82, 2.24) is 14.9 Å². The van der Waals surface area contributed by atoms with E-state index in [1.807, 2.05) is 30.8 Å². The third-order valence-corrected chi connectivity index (χ3v) is 7.98. The zero-order valence-electron chi connectivity index (χ0n) is 23.3. The van der Waals surface area contributed by atoms with Gasteiger partial charge in [0.1, 0.15) is 5.41 Å². The Bertz CT molecular complexity index is 1280. The molecule has 2 amide bonds. The van der Waals surface area contributed by atoms with Gasteiger partial charge in [0.05, 0.1) is 22.6 Å². The lowest BCUT2D eigenvalue weighted by molar-refractivity contribution is -0.137. The van der Waals surface area contributed by atoms with E-state index in [9.17, 15) is 9.59 Å². The van der Waals surface area contributed by atoms with Crippen LogP contribution in [0.15, 0.2) is 42.0 Å². The normalized spacial score (nSPS) is 14.2. The highest BCUT2D eigenvalue weighted by Gasteiger charge is 2.45. The number of pyridine rings is 1. The Kier molecular flexibility index (Phi) is 12.9. The Morgan fingerprint density at radius 3 is 2.28 bits per heavy atom. The molecular weight excluding hydrogens is 577 g/mol. The summed E-state index contributed by atoms with van der Waals surface area (Å²) in [5.74, 6) is -0.353. The predicted molar refractivity (Wildman–Crippen MR) is 167 cm³/mol. The van der Waals surface area contributed by atoms with Gasteiger partial charge in [0.2, 0.25) is 11.8 Å². The van der Waals surface area contributed by atoms with Crippen LogP contribution in [0.5, 0.6) is 0 Å². The second kappa shape index (κ2) is 14.4. The van der Waals surface area contributed by atoms with Crippen LogP contribution in [0.4, 0.5) is 11.4 Å². The van der Waals surface area contributed by atoms with Gasteiger partial charge in [-0.2, -0.15) is 0 Å². The van der Waals surface area contributed by atoms with E-state index in [1.54, 1.807) is 42.0 Å². The number of fused-ring (bicyclic) bond motifs is 1. The van der Waals surface area contributed by atoms with E-state index < -0.39 is 5.41 Å². The Labute approximate surface area is 254 Å². The molecule has 0 atom stereocenters. The fourth-order valence-corrected chi connectivity index (χ4v) is 5.58. The molecule has 7 nitrogen and oxygen atoms in total. The van der Waals surface area contributed by atoms with Gasteiger partial charge >= 0.3 is 0 Å². The van der Waals surface area contributed by atoms with Gasteiger partial charge in [-0.05, 0) is 70.4 Å². The molecule has 0 spiro atoms. The van der Waals surface area contributed by atoms with Crippen LogP contribution < -0.4 is 9.80 Å². The molecule has 0 N–H and O–H groups in total. The number of carbonyl (C=O) groups excluding carboxylic acids is 2. The molecule has 3 heterocycles. The zero-order chi connectivity index (χ0) is 26.0. The van der Waals surface area contributed by atoms with Crippen molar-refractivity contribution in [2.75, 3.05) is 29.9 Å². The smallest absolute Gasteiger partial charge is 0.242 e. The van der Waals surface area contributed by atoms with Crippen molar-refractivity contribution in [2.24, 2.45) is 5.41 Å². The molecule has 3 aromatic rings. The Morgan fingerprint density at radius 2 is 1.67 bits per heavy atom. The fourth-order valence-electron chi connectivity index (χ4n) is 4.76. The number of rotatable bonds is 8. The highest BCUT2D eigenvalue weighted by molar-refractivity contribution is 7.09. The van der Waals surface area contributed by atoms with E-state index in [2.05, 4.69) is 46.9 Å². The fraction of sp³-hybridized carbons (Fsp3) is 0.429. The molecular formula is C28H38Cl3N5O2S. The average molecular weight is 615 g/mol. The van der Waals surface area contributed by atoms with Crippen LogP contribution in [-0.2, 0) is 29.1 Å². The van der Waals surface area contributed by atoms with Crippen LogP contribution in [0.25, 0.3) is 0 Å². The van der Waals surface area contributed by atoms with Gasteiger partial charge in [-0.15, -0.1) is 48.6 Å². The lowest BCUT2D eigenvalue weighted by Gasteiger charge is -2.27. The summed E-state index contributed by atoms with van der Waals surface area (Å²) in [6.07, 6.45) is 2.73. The van der Waals surface area contributed by atoms with Gasteiger partial charge in [0, 0.05) is 50.0 Å². The van der Waals surface area contributed by atoms with Crippen LogP contribution in [0.3, 0.4) is 0 Å². The standard InChI is InChI=1S/C28H35N5O2S.3ClH/c1-7-33-23-11-10-21(15-24(23)31(6)26(34)28(4,5)27(33)35)16-32(17-25-20(3)30-18-36-25)14-12-22-9-8-13-29-19(22)2;;;/h8-11,13,15,18H,7,12,14,16-17H2,1-6H3;3*1H. The highest BCUT2D eigenvalue weighted by atomic mass is 35.5. The van der Waals surface area contributed by atoms with Gasteiger partial charge in [-0.3, -0.25) is 19.5 Å². The minimum atomic E-state index is -1.11. The molecule has 0 bridgehead atoms. The van der Waals surface area contributed by atoms with Gasteiger partial charge in [-0.1, -0.05) is 12.1 Å². The lowest BCUT2D eigenvalue weighted by atomic mass is 9.90. The van der Waals surface area contributed by atoms with E-state index >= 15 is 0 Å². The molecule has 1 aliphatic heterocycles. The third-order valence-electron chi connectivity index (χ3n) is 7.06. The number of amides is 2. The number of anilines is 2. The molecule has 0 fully saturated rings. The number of benzene rings is 1. The molecule has 2 aromatic heterocycles.